The first kappa shape index (κ1) is 9.33. The van der Waals surface area contributed by atoms with E-state index in [9.17, 15) is 0 Å². The summed E-state index contributed by atoms with van der Waals surface area (Å²) in [7, 11) is 0. The summed E-state index contributed by atoms with van der Waals surface area (Å²) in [5.41, 5.74) is 1.02. The number of nitrogens with one attached hydrogen (secondary N) is 1. The number of hydrogen-bond donors (Lipinski definition) is 1. The number of nitriles is 1. The summed E-state index contributed by atoms with van der Waals surface area (Å²) in [6, 6.07) is 4.27. The molecule has 0 heterocycles. The molecule has 0 aromatic rings. The lowest BCUT2D eigenvalue weighted by Gasteiger charge is -1.87. The lowest BCUT2D eigenvalue weighted by Crippen LogP contribution is -1.90. The van der Waals surface area contributed by atoms with E-state index in [1.54, 1.807) is 6.20 Å². The van der Waals surface area contributed by atoms with E-state index in [2.05, 4.69) is 11.4 Å². The van der Waals surface area contributed by atoms with Crippen molar-refractivity contribution in [3.63, 3.8) is 0 Å². The van der Waals surface area contributed by atoms with Gasteiger partial charge in [0.15, 0.2) is 0 Å². The Balaban J connectivity index is 3.79. The van der Waals surface area contributed by atoms with Crippen molar-refractivity contribution in [1.82, 2.24) is 5.32 Å². The molecule has 0 rings (SSSR count). The molecule has 56 valence electrons. The van der Waals surface area contributed by atoms with E-state index >= 15 is 0 Å². The van der Waals surface area contributed by atoms with Gasteiger partial charge in [0.25, 0.3) is 0 Å². The highest BCUT2D eigenvalue weighted by atomic mass is 14.8. The third-order valence-electron chi connectivity index (χ3n) is 1.03. The third kappa shape index (κ3) is 6.21. The maximum Gasteiger partial charge on any atom is 0.0663 e. The fraction of sp³-hybridized carbons (Fsp3) is 0.222. The molecule has 0 bridgehead atoms. The van der Waals surface area contributed by atoms with Crippen LogP contribution >= 0.6 is 0 Å². The fourth-order valence-electron chi connectivity index (χ4n) is 0.496. The van der Waals surface area contributed by atoms with Gasteiger partial charge in [-0.1, -0.05) is 18.1 Å². The summed E-state index contributed by atoms with van der Waals surface area (Å²) in [5.74, 6) is 0. The quantitative estimate of drug-likeness (QED) is 0.372. The average Bonchev–Trinajstić information content (AvgIpc) is 2.01. The first-order valence-electron chi connectivity index (χ1n) is 3.22. The van der Waals surface area contributed by atoms with Gasteiger partial charge in [0.05, 0.1) is 12.5 Å². The Morgan fingerprint density at radius 2 is 2.45 bits per heavy atom. The van der Waals surface area contributed by atoms with Crippen LogP contribution in [0.3, 0.4) is 0 Å². The van der Waals surface area contributed by atoms with Crippen LogP contribution in [0.1, 0.15) is 13.3 Å². The molecule has 0 spiro atoms. The minimum absolute atomic E-state index is 0.437. The molecule has 1 N–H and O–H groups in total. The number of allylic oxidation sites excluding steroid dienone is 3. The van der Waals surface area contributed by atoms with Gasteiger partial charge in [-0.05, 0) is 13.0 Å². The van der Waals surface area contributed by atoms with E-state index in [0.29, 0.717) is 6.42 Å². The summed E-state index contributed by atoms with van der Waals surface area (Å²) in [6.07, 6.45) is 10.7. The molecule has 0 atom stereocenters. The highest BCUT2D eigenvalue weighted by Gasteiger charge is 1.78. The molecule has 0 saturated heterocycles. The van der Waals surface area contributed by atoms with Gasteiger partial charge >= 0.3 is 0 Å². The van der Waals surface area contributed by atoms with E-state index in [1.807, 2.05) is 25.1 Å². The van der Waals surface area contributed by atoms with Crippen LogP contribution in [0, 0.1) is 23.8 Å². The van der Waals surface area contributed by atoms with Crippen molar-refractivity contribution in [2.24, 2.45) is 0 Å². The van der Waals surface area contributed by atoms with Gasteiger partial charge in [0.1, 0.15) is 0 Å². The molecule has 0 radical (unpaired) electrons. The van der Waals surface area contributed by atoms with Crippen molar-refractivity contribution >= 4 is 0 Å². The predicted molar refractivity (Wildman–Crippen MR) is 45.1 cm³/mol. The van der Waals surface area contributed by atoms with Crippen LogP contribution in [-0.4, -0.2) is 0 Å². The number of rotatable bonds is 3. The second-order valence-electron chi connectivity index (χ2n) is 1.93. The van der Waals surface area contributed by atoms with Gasteiger partial charge in [-0.25, -0.2) is 0 Å². The molecule has 0 fully saturated rings. The zero-order valence-corrected chi connectivity index (χ0v) is 6.46. The van der Waals surface area contributed by atoms with Gasteiger partial charge in [0.2, 0.25) is 0 Å². The van der Waals surface area contributed by atoms with Gasteiger partial charge in [-0.15, -0.1) is 0 Å². The fourth-order valence-corrected chi connectivity index (χ4v) is 0.496. The summed E-state index contributed by atoms with van der Waals surface area (Å²) in [4.78, 5) is 0. The first-order chi connectivity index (χ1) is 5.31. The summed E-state index contributed by atoms with van der Waals surface area (Å²) in [6.45, 7) is 1.91. The van der Waals surface area contributed by atoms with Crippen LogP contribution in [0.15, 0.2) is 23.9 Å². The van der Waals surface area contributed by atoms with E-state index in [4.69, 9.17) is 11.7 Å². The van der Waals surface area contributed by atoms with Crippen LogP contribution in [0.25, 0.3) is 0 Å². The first-order valence-corrected chi connectivity index (χ1v) is 3.22. The SMILES string of the molecule is C#CN/C=C\C(C)=C/CC#N. The van der Waals surface area contributed by atoms with Crippen molar-refractivity contribution in [3.05, 3.63) is 23.9 Å². The standard InChI is InChI=1S/C9H10N2/c1-3-11-8-6-9(2)5-4-7-10/h1,5-6,8,11H,4H2,2H3/b8-6-,9-5-. The molecule has 11 heavy (non-hydrogen) atoms. The monoisotopic (exact) mass is 146 g/mol. The van der Waals surface area contributed by atoms with Crippen molar-refractivity contribution in [1.29, 1.82) is 5.26 Å². The second-order valence-corrected chi connectivity index (χ2v) is 1.93. The van der Waals surface area contributed by atoms with Crippen molar-refractivity contribution in [3.8, 4) is 18.5 Å². The Morgan fingerprint density at radius 3 is 3.00 bits per heavy atom. The van der Waals surface area contributed by atoms with Crippen molar-refractivity contribution in [2.75, 3.05) is 0 Å². The number of nitrogens with zero attached hydrogens (tertiary/aromatic N) is 1. The zero-order valence-electron chi connectivity index (χ0n) is 6.46. The van der Waals surface area contributed by atoms with Gasteiger partial charge in [-0.2, -0.15) is 5.26 Å². The molecule has 0 aliphatic heterocycles. The topological polar surface area (TPSA) is 35.8 Å². The smallest absolute Gasteiger partial charge is 0.0663 e. The zero-order chi connectivity index (χ0) is 8.53. The highest BCUT2D eigenvalue weighted by molar-refractivity contribution is 5.17. The molecular weight excluding hydrogens is 136 g/mol. The van der Waals surface area contributed by atoms with E-state index in [-0.39, 0.29) is 0 Å². The van der Waals surface area contributed by atoms with E-state index < -0.39 is 0 Å². The van der Waals surface area contributed by atoms with Crippen LogP contribution in [0.4, 0.5) is 0 Å². The predicted octanol–water partition coefficient (Wildman–Crippen LogP) is 1.54. The number of terminal acetylenes is 1. The summed E-state index contributed by atoms with van der Waals surface area (Å²) >= 11 is 0. The molecule has 0 aromatic heterocycles. The molecule has 0 amide bonds. The third-order valence-corrected chi connectivity index (χ3v) is 1.03. The minimum Gasteiger partial charge on any atom is -0.322 e. The molecule has 0 aliphatic rings. The normalized spacial score (nSPS) is 10.6. The van der Waals surface area contributed by atoms with Gasteiger partial charge < -0.3 is 5.32 Å². The van der Waals surface area contributed by atoms with Crippen LogP contribution in [0.2, 0.25) is 0 Å². The number of hydrogen-bond acceptors (Lipinski definition) is 2. The Kier molecular flexibility index (Phi) is 5.47. The Morgan fingerprint density at radius 1 is 1.73 bits per heavy atom. The second kappa shape index (κ2) is 6.45. The largest absolute Gasteiger partial charge is 0.322 e. The minimum atomic E-state index is 0.437. The Hall–Kier alpha value is -1.67. The van der Waals surface area contributed by atoms with E-state index in [0.717, 1.165) is 5.57 Å². The molecule has 0 unspecified atom stereocenters. The molecule has 2 heteroatoms. The molecule has 0 aliphatic carbocycles. The molecule has 0 saturated carbocycles. The van der Waals surface area contributed by atoms with Crippen molar-refractivity contribution < 1.29 is 0 Å². The Bertz CT molecular complexity index is 235. The lowest BCUT2D eigenvalue weighted by molar-refractivity contribution is 1.24. The lowest BCUT2D eigenvalue weighted by atomic mass is 10.2. The van der Waals surface area contributed by atoms with Crippen LogP contribution < -0.4 is 5.32 Å². The summed E-state index contributed by atoms with van der Waals surface area (Å²) in [5, 5.41) is 10.8. The van der Waals surface area contributed by atoms with Crippen LogP contribution in [-0.2, 0) is 0 Å². The van der Waals surface area contributed by atoms with Gasteiger partial charge in [0, 0.05) is 12.2 Å². The molecule has 2 nitrogen and oxygen atoms in total. The van der Waals surface area contributed by atoms with Gasteiger partial charge in [-0.3, -0.25) is 0 Å². The van der Waals surface area contributed by atoms with Crippen molar-refractivity contribution in [2.45, 2.75) is 13.3 Å². The Labute approximate surface area is 67.2 Å². The summed E-state index contributed by atoms with van der Waals surface area (Å²) < 4.78 is 0. The van der Waals surface area contributed by atoms with E-state index in [1.165, 1.54) is 0 Å². The molecular formula is C9H10N2. The molecule has 0 aromatic carbocycles. The maximum absolute atomic E-state index is 8.22. The average molecular weight is 146 g/mol. The van der Waals surface area contributed by atoms with Crippen LogP contribution in [0.5, 0.6) is 0 Å². The maximum atomic E-state index is 8.22. The highest BCUT2D eigenvalue weighted by Crippen LogP contribution is 1.94.